The zero-order valence-corrected chi connectivity index (χ0v) is 20.2. The van der Waals surface area contributed by atoms with Gasteiger partial charge in [0.25, 0.3) is 10.1 Å². The Hall–Kier alpha value is -4.12. The number of aromatic amines is 1. The molecule has 4 aromatic carbocycles. The number of fused-ring (bicyclic) bond motifs is 1. The number of nitrogens with zero attached hydrogens (tertiary/aromatic N) is 2. The number of sulfone groups is 1. The number of nitrogens with one attached hydrogen (secondary N) is 1. The molecular formula is C26H19N3O5S2. The Balaban J connectivity index is 1.70. The van der Waals surface area contributed by atoms with Crippen molar-refractivity contribution in [3.63, 3.8) is 0 Å². The minimum absolute atomic E-state index is 0.0142. The van der Waals surface area contributed by atoms with Crippen molar-refractivity contribution in [2.45, 2.75) is 14.7 Å². The fraction of sp³-hybridized carbons (Fsp3) is 0. The summed E-state index contributed by atoms with van der Waals surface area (Å²) < 4.78 is 59.6. The summed E-state index contributed by atoms with van der Waals surface area (Å²) >= 11 is 0. The van der Waals surface area contributed by atoms with Gasteiger partial charge in [0.05, 0.1) is 20.4 Å². The van der Waals surface area contributed by atoms with Gasteiger partial charge in [-0.25, -0.2) is 8.42 Å². The molecule has 1 heterocycles. The molecule has 0 aliphatic rings. The maximum atomic E-state index is 13.3. The summed E-state index contributed by atoms with van der Waals surface area (Å²) in [5.74, 6) is 0. The highest BCUT2D eigenvalue weighted by Gasteiger charge is 2.22. The summed E-state index contributed by atoms with van der Waals surface area (Å²) in [6.45, 7) is 0. The summed E-state index contributed by atoms with van der Waals surface area (Å²) in [5.41, 5.74) is 2.32. The van der Waals surface area contributed by atoms with Gasteiger partial charge in [0, 0.05) is 16.5 Å². The van der Waals surface area contributed by atoms with E-state index in [2.05, 4.69) is 15.2 Å². The zero-order chi connectivity index (χ0) is 25.3. The molecule has 0 atom stereocenters. The number of hydrogen-bond donors (Lipinski definition) is 2. The van der Waals surface area contributed by atoms with Crippen LogP contribution >= 0.6 is 0 Å². The van der Waals surface area contributed by atoms with Crippen LogP contribution in [0.5, 0.6) is 0 Å². The van der Waals surface area contributed by atoms with Crippen LogP contribution in [0.15, 0.2) is 128 Å². The van der Waals surface area contributed by atoms with Gasteiger partial charge in [0.1, 0.15) is 11.4 Å². The molecule has 8 nitrogen and oxygen atoms in total. The largest absolute Gasteiger partial charge is 0.353 e. The lowest BCUT2D eigenvalue weighted by molar-refractivity contribution is 0.483. The molecule has 5 aromatic rings. The third kappa shape index (κ3) is 4.44. The Morgan fingerprint density at radius 2 is 1.31 bits per heavy atom. The molecule has 0 fully saturated rings. The van der Waals surface area contributed by atoms with Gasteiger partial charge in [-0.05, 0) is 42.5 Å². The molecule has 0 amide bonds. The van der Waals surface area contributed by atoms with Crippen molar-refractivity contribution < 1.29 is 21.4 Å². The monoisotopic (exact) mass is 517 g/mol. The van der Waals surface area contributed by atoms with E-state index in [-0.39, 0.29) is 20.4 Å². The Morgan fingerprint density at radius 1 is 0.667 bits per heavy atom. The zero-order valence-electron chi connectivity index (χ0n) is 18.6. The normalized spacial score (nSPS) is 12.4. The molecule has 0 bridgehead atoms. The summed E-state index contributed by atoms with van der Waals surface area (Å²) in [6.07, 6.45) is 0. The van der Waals surface area contributed by atoms with Gasteiger partial charge >= 0.3 is 0 Å². The van der Waals surface area contributed by atoms with Crippen LogP contribution < -0.4 is 0 Å². The van der Waals surface area contributed by atoms with Crippen molar-refractivity contribution >= 4 is 42.2 Å². The van der Waals surface area contributed by atoms with Gasteiger partial charge in [0.15, 0.2) is 0 Å². The Labute approximate surface area is 207 Å². The van der Waals surface area contributed by atoms with E-state index in [1.807, 2.05) is 30.3 Å². The van der Waals surface area contributed by atoms with Gasteiger partial charge in [-0.1, -0.05) is 60.7 Å². The number of H-pyrrole nitrogens is 1. The maximum Gasteiger partial charge on any atom is 0.294 e. The third-order valence-electron chi connectivity index (χ3n) is 5.57. The quantitative estimate of drug-likeness (QED) is 0.201. The van der Waals surface area contributed by atoms with Gasteiger partial charge < -0.3 is 4.98 Å². The van der Waals surface area contributed by atoms with E-state index in [4.69, 9.17) is 0 Å². The standard InChI is InChI=1S/C26H19N3O5S2/c30-35(31,19-11-5-2-6-12-19)24-14-8-7-13-23(24)28-29-26-21-17-20(36(32,33)34)15-16-22(21)27-25(26)18-9-3-1-4-10-18/h1-17,27H,(H,32,33,34). The number of hydrogen-bond acceptors (Lipinski definition) is 6. The molecule has 0 saturated carbocycles. The highest BCUT2D eigenvalue weighted by atomic mass is 32.2. The molecule has 0 spiro atoms. The topological polar surface area (TPSA) is 129 Å². The molecule has 180 valence electrons. The Bertz CT molecular complexity index is 1810. The first kappa shape index (κ1) is 23.6. The summed E-state index contributed by atoms with van der Waals surface area (Å²) in [4.78, 5) is 3.04. The van der Waals surface area contributed by atoms with Crippen molar-refractivity contribution in [3.05, 3.63) is 103 Å². The van der Waals surface area contributed by atoms with E-state index in [1.165, 1.54) is 36.4 Å². The Kier molecular flexibility index (Phi) is 6.00. The number of aromatic nitrogens is 1. The molecule has 0 unspecified atom stereocenters. The van der Waals surface area contributed by atoms with Crippen LogP contribution in [0.3, 0.4) is 0 Å². The van der Waals surface area contributed by atoms with Crippen molar-refractivity contribution in [2.75, 3.05) is 0 Å². The third-order valence-corrected chi connectivity index (χ3v) is 8.24. The van der Waals surface area contributed by atoms with E-state index in [9.17, 15) is 21.4 Å². The first-order valence-corrected chi connectivity index (χ1v) is 13.7. The molecule has 1 aromatic heterocycles. The van der Waals surface area contributed by atoms with Crippen LogP contribution in [0.4, 0.5) is 11.4 Å². The molecule has 2 N–H and O–H groups in total. The summed E-state index contributed by atoms with van der Waals surface area (Å²) in [5, 5.41) is 9.07. The second kappa shape index (κ2) is 9.15. The van der Waals surface area contributed by atoms with Crippen LogP contribution in [0.25, 0.3) is 22.2 Å². The summed E-state index contributed by atoms with van der Waals surface area (Å²) in [6, 6.07) is 27.6. The molecule has 0 radical (unpaired) electrons. The molecule has 0 saturated heterocycles. The molecule has 0 aliphatic carbocycles. The van der Waals surface area contributed by atoms with Crippen molar-refractivity contribution in [2.24, 2.45) is 10.2 Å². The van der Waals surface area contributed by atoms with Crippen molar-refractivity contribution in [3.8, 4) is 11.3 Å². The lowest BCUT2D eigenvalue weighted by atomic mass is 10.1. The average Bonchev–Trinajstić information content (AvgIpc) is 3.26. The van der Waals surface area contributed by atoms with Crippen LogP contribution in [0.1, 0.15) is 0 Å². The van der Waals surface area contributed by atoms with Crippen molar-refractivity contribution in [1.29, 1.82) is 0 Å². The average molecular weight is 518 g/mol. The smallest absolute Gasteiger partial charge is 0.294 e. The van der Waals surface area contributed by atoms with Crippen LogP contribution in [0, 0.1) is 0 Å². The number of rotatable bonds is 6. The van der Waals surface area contributed by atoms with Gasteiger partial charge in [-0.15, -0.1) is 10.2 Å². The molecular weight excluding hydrogens is 498 g/mol. The van der Waals surface area contributed by atoms with Gasteiger partial charge in [-0.2, -0.15) is 8.42 Å². The minimum atomic E-state index is -4.46. The van der Waals surface area contributed by atoms with E-state index in [0.717, 1.165) is 5.56 Å². The van der Waals surface area contributed by atoms with Gasteiger partial charge in [0.2, 0.25) is 9.84 Å². The molecule has 10 heteroatoms. The molecule has 36 heavy (non-hydrogen) atoms. The lowest BCUT2D eigenvalue weighted by Crippen LogP contribution is -2.01. The highest BCUT2D eigenvalue weighted by molar-refractivity contribution is 7.91. The fourth-order valence-corrected chi connectivity index (χ4v) is 5.75. The predicted molar refractivity (Wildman–Crippen MR) is 136 cm³/mol. The first-order chi connectivity index (χ1) is 17.2. The highest BCUT2D eigenvalue weighted by Crippen LogP contribution is 2.40. The number of azo groups is 1. The van der Waals surface area contributed by atoms with E-state index in [0.29, 0.717) is 22.3 Å². The predicted octanol–water partition coefficient (Wildman–Crippen LogP) is 6.33. The second-order valence-electron chi connectivity index (χ2n) is 7.88. The fourth-order valence-electron chi connectivity index (χ4n) is 3.83. The van der Waals surface area contributed by atoms with Crippen LogP contribution in [-0.4, -0.2) is 26.4 Å². The number of benzene rings is 4. The lowest BCUT2D eigenvalue weighted by Gasteiger charge is -2.07. The maximum absolute atomic E-state index is 13.3. The van der Waals surface area contributed by atoms with Crippen LogP contribution in [-0.2, 0) is 20.0 Å². The van der Waals surface area contributed by atoms with Crippen LogP contribution in [0.2, 0.25) is 0 Å². The summed E-state index contributed by atoms with van der Waals surface area (Å²) in [7, 11) is -8.32. The SMILES string of the molecule is O=S(=O)(O)c1ccc2[nH]c(-c3ccccc3)c(N=Nc3ccccc3S(=O)(=O)c3ccccc3)c2c1. The Morgan fingerprint density at radius 3 is 2.00 bits per heavy atom. The van der Waals surface area contributed by atoms with Crippen molar-refractivity contribution in [1.82, 2.24) is 4.98 Å². The van der Waals surface area contributed by atoms with E-state index < -0.39 is 20.0 Å². The van der Waals surface area contributed by atoms with Gasteiger partial charge in [-0.3, -0.25) is 4.55 Å². The minimum Gasteiger partial charge on any atom is -0.353 e. The first-order valence-electron chi connectivity index (χ1n) is 10.7. The molecule has 5 rings (SSSR count). The molecule has 0 aliphatic heterocycles. The second-order valence-corrected chi connectivity index (χ2v) is 11.2. The van der Waals surface area contributed by atoms with E-state index in [1.54, 1.807) is 36.4 Å². The van der Waals surface area contributed by atoms with E-state index >= 15 is 0 Å².